The molecule has 15 heavy (non-hydrogen) atoms. The van der Waals surface area contributed by atoms with Gasteiger partial charge in [0.25, 0.3) is 0 Å². The molecule has 0 radical (unpaired) electrons. The molecule has 0 aliphatic heterocycles. The number of carboxylic acid groups (broad SMARTS) is 1. The molecule has 0 unspecified atom stereocenters. The van der Waals surface area contributed by atoms with Gasteiger partial charge in [-0.1, -0.05) is 11.6 Å². The number of hydrogen-bond acceptors (Lipinski definition) is 2. The van der Waals surface area contributed by atoms with Gasteiger partial charge in [0, 0.05) is 0 Å². The summed E-state index contributed by atoms with van der Waals surface area (Å²) in [5.41, 5.74) is -0.1000. The van der Waals surface area contributed by atoms with Gasteiger partial charge in [-0.2, -0.15) is 0 Å². The lowest BCUT2D eigenvalue weighted by atomic mass is 10.2. The number of carbonyl (C=O) groups is 1. The highest BCUT2D eigenvalue weighted by Gasteiger charge is 2.15. The number of carboxylic acids is 1. The number of ether oxygens (including phenoxy) is 1. The Bertz CT molecular complexity index is 390. The molecule has 1 aromatic carbocycles. The van der Waals surface area contributed by atoms with E-state index in [1.165, 1.54) is 0 Å². The lowest BCUT2D eigenvalue weighted by molar-refractivity contribution is 0.0696. The first kappa shape index (κ1) is 11.8. The Balaban J connectivity index is 3.19. The molecule has 1 N–H and O–H groups in total. The van der Waals surface area contributed by atoms with Gasteiger partial charge >= 0.3 is 5.97 Å². The molecule has 0 saturated heterocycles. The van der Waals surface area contributed by atoms with Crippen LogP contribution in [0.4, 0.5) is 4.39 Å². The molecule has 0 fully saturated rings. The topological polar surface area (TPSA) is 46.5 Å². The van der Waals surface area contributed by atoms with E-state index >= 15 is 0 Å². The van der Waals surface area contributed by atoms with Crippen molar-refractivity contribution in [3.05, 3.63) is 28.5 Å². The minimum atomic E-state index is -1.18. The molecule has 1 aromatic rings. The third-order valence-corrected chi connectivity index (χ3v) is 1.88. The zero-order chi connectivity index (χ0) is 11.6. The molecule has 0 bridgehead atoms. The van der Waals surface area contributed by atoms with Crippen LogP contribution in [-0.4, -0.2) is 17.2 Å². The maximum atomic E-state index is 13.4. The van der Waals surface area contributed by atoms with Crippen LogP contribution in [0.3, 0.4) is 0 Å². The molecule has 0 atom stereocenters. The number of aromatic carboxylic acids is 1. The van der Waals surface area contributed by atoms with Crippen LogP contribution in [0, 0.1) is 5.82 Å². The molecule has 0 heterocycles. The van der Waals surface area contributed by atoms with Crippen LogP contribution in [-0.2, 0) is 0 Å². The second-order valence-corrected chi connectivity index (χ2v) is 3.65. The average Bonchev–Trinajstić information content (AvgIpc) is 2.11. The Labute approximate surface area is 91.4 Å². The Morgan fingerprint density at radius 1 is 1.53 bits per heavy atom. The molecule has 0 saturated carbocycles. The van der Waals surface area contributed by atoms with Gasteiger partial charge in [-0.05, 0) is 26.0 Å². The molecule has 3 nitrogen and oxygen atoms in total. The average molecular weight is 233 g/mol. The smallest absolute Gasteiger partial charge is 0.335 e. The van der Waals surface area contributed by atoms with Crippen molar-refractivity contribution in [1.82, 2.24) is 0 Å². The van der Waals surface area contributed by atoms with Gasteiger partial charge in [-0.15, -0.1) is 0 Å². The summed E-state index contributed by atoms with van der Waals surface area (Å²) < 4.78 is 18.4. The van der Waals surface area contributed by atoms with E-state index in [9.17, 15) is 9.18 Å². The first-order valence-corrected chi connectivity index (χ1v) is 4.68. The van der Waals surface area contributed by atoms with Crippen LogP contribution in [0.25, 0.3) is 0 Å². The van der Waals surface area contributed by atoms with Gasteiger partial charge in [0.1, 0.15) is 0 Å². The number of benzene rings is 1. The first-order valence-electron chi connectivity index (χ1n) is 4.30. The van der Waals surface area contributed by atoms with Crippen molar-refractivity contribution in [2.45, 2.75) is 20.0 Å². The van der Waals surface area contributed by atoms with Crippen molar-refractivity contribution < 1.29 is 19.0 Å². The number of rotatable bonds is 3. The van der Waals surface area contributed by atoms with Gasteiger partial charge in [0.05, 0.1) is 16.7 Å². The van der Waals surface area contributed by atoms with Crippen LogP contribution in [0.5, 0.6) is 5.75 Å². The lowest BCUT2D eigenvalue weighted by Crippen LogP contribution is -2.08. The minimum absolute atomic E-state index is 0.1000. The summed E-state index contributed by atoms with van der Waals surface area (Å²) in [4.78, 5) is 10.7. The zero-order valence-corrected chi connectivity index (χ0v) is 9.01. The molecular formula is C10H10ClFO3. The summed E-state index contributed by atoms with van der Waals surface area (Å²) in [5, 5.41) is 8.46. The predicted molar refractivity (Wildman–Crippen MR) is 54.1 cm³/mol. The van der Waals surface area contributed by atoms with E-state index in [0.717, 1.165) is 12.1 Å². The second kappa shape index (κ2) is 4.49. The van der Waals surface area contributed by atoms with Crippen molar-refractivity contribution in [3.8, 4) is 5.75 Å². The molecule has 0 aliphatic carbocycles. The fourth-order valence-corrected chi connectivity index (χ4v) is 1.24. The normalized spacial score (nSPS) is 10.5. The zero-order valence-electron chi connectivity index (χ0n) is 8.25. The van der Waals surface area contributed by atoms with Crippen molar-refractivity contribution in [3.63, 3.8) is 0 Å². The molecule has 5 heteroatoms. The van der Waals surface area contributed by atoms with E-state index < -0.39 is 11.8 Å². The van der Waals surface area contributed by atoms with Crippen molar-refractivity contribution in [1.29, 1.82) is 0 Å². The largest absolute Gasteiger partial charge is 0.488 e. The Morgan fingerprint density at radius 2 is 2.13 bits per heavy atom. The predicted octanol–water partition coefficient (Wildman–Crippen LogP) is 2.96. The number of halogens is 2. The van der Waals surface area contributed by atoms with E-state index in [-0.39, 0.29) is 22.4 Å². The number of hydrogen-bond donors (Lipinski definition) is 1. The quantitative estimate of drug-likeness (QED) is 0.872. The van der Waals surface area contributed by atoms with E-state index in [4.69, 9.17) is 21.4 Å². The molecular weight excluding hydrogens is 223 g/mol. The Morgan fingerprint density at radius 3 is 2.60 bits per heavy atom. The van der Waals surface area contributed by atoms with Gasteiger partial charge < -0.3 is 9.84 Å². The summed E-state index contributed by atoms with van der Waals surface area (Å²) in [6.07, 6.45) is -0.250. The molecule has 0 aromatic heterocycles. The summed E-state index contributed by atoms with van der Waals surface area (Å²) >= 11 is 5.53. The van der Waals surface area contributed by atoms with Crippen molar-refractivity contribution in [2.75, 3.05) is 0 Å². The van der Waals surface area contributed by atoms with Gasteiger partial charge in [0.2, 0.25) is 0 Å². The van der Waals surface area contributed by atoms with Crippen LogP contribution < -0.4 is 4.74 Å². The Hall–Kier alpha value is -1.29. The van der Waals surface area contributed by atoms with Gasteiger partial charge in [-0.25, -0.2) is 9.18 Å². The minimum Gasteiger partial charge on any atom is -0.488 e. The molecule has 1 rings (SSSR count). The first-order chi connectivity index (χ1) is 6.91. The summed E-state index contributed by atoms with van der Waals surface area (Å²) in [6.45, 7) is 3.42. The highest BCUT2D eigenvalue weighted by molar-refractivity contribution is 6.31. The highest BCUT2D eigenvalue weighted by Crippen LogP contribution is 2.27. The fourth-order valence-electron chi connectivity index (χ4n) is 1.03. The Kier molecular flexibility index (Phi) is 3.52. The standard InChI is InChI=1S/C10H10ClFO3/c1-5(2)15-8-4-6(10(13)14)3-7(11)9(8)12/h3-5H,1-2H3,(H,13,14). The van der Waals surface area contributed by atoms with Gasteiger partial charge in [-0.3, -0.25) is 0 Å². The van der Waals surface area contributed by atoms with E-state index in [1.807, 2.05) is 0 Å². The van der Waals surface area contributed by atoms with E-state index in [1.54, 1.807) is 13.8 Å². The summed E-state index contributed by atoms with van der Waals surface area (Å²) in [6, 6.07) is 2.16. The van der Waals surface area contributed by atoms with E-state index in [0.29, 0.717) is 0 Å². The van der Waals surface area contributed by atoms with Crippen LogP contribution in [0.15, 0.2) is 12.1 Å². The molecule has 0 amide bonds. The monoisotopic (exact) mass is 232 g/mol. The van der Waals surface area contributed by atoms with E-state index in [2.05, 4.69) is 0 Å². The van der Waals surface area contributed by atoms with Crippen molar-refractivity contribution >= 4 is 17.6 Å². The highest BCUT2D eigenvalue weighted by atomic mass is 35.5. The fraction of sp³-hybridized carbons (Fsp3) is 0.300. The molecule has 0 spiro atoms. The van der Waals surface area contributed by atoms with Crippen LogP contribution >= 0.6 is 11.6 Å². The summed E-state index contributed by atoms with van der Waals surface area (Å²) in [5.74, 6) is -2.06. The lowest BCUT2D eigenvalue weighted by Gasteiger charge is -2.11. The van der Waals surface area contributed by atoms with Crippen LogP contribution in [0.2, 0.25) is 5.02 Å². The van der Waals surface area contributed by atoms with Crippen molar-refractivity contribution in [2.24, 2.45) is 0 Å². The molecule has 0 aliphatic rings. The SMILES string of the molecule is CC(C)Oc1cc(C(=O)O)cc(Cl)c1F. The molecule has 82 valence electrons. The third-order valence-electron chi connectivity index (χ3n) is 1.60. The van der Waals surface area contributed by atoms with Gasteiger partial charge in [0.15, 0.2) is 11.6 Å². The third kappa shape index (κ3) is 2.83. The second-order valence-electron chi connectivity index (χ2n) is 3.24. The summed E-state index contributed by atoms with van der Waals surface area (Å²) in [7, 11) is 0. The maximum absolute atomic E-state index is 13.4. The maximum Gasteiger partial charge on any atom is 0.335 e. The van der Waals surface area contributed by atoms with Crippen LogP contribution in [0.1, 0.15) is 24.2 Å².